The van der Waals surface area contributed by atoms with Crippen LogP contribution >= 0.6 is 34.8 Å². The van der Waals surface area contributed by atoms with E-state index in [0.29, 0.717) is 5.69 Å². The minimum atomic E-state index is -0.740. The van der Waals surface area contributed by atoms with Gasteiger partial charge in [0.2, 0.25) is 0 Å². The van der Waals surface area contributed by atoms with Crippen LogP contribution in [-0.4, -0.2) is 22.8 Å². The molecule has 0 aliphatic carbocycles. The number of halogens is 3. The Hall–Kier alpha value is -3.52. The molecule has 7 nitrogen and oxygen atoms in total. The van der Waals surface area contributed by atoms with Crippen LogP contribution in [0.25, 0.3) is 0 Å². The van der Waals surface area contributed by atoms with Crippen molar-refractivity contribution in [3.05, 3.63) is 93.1 Å². The van der Waals surface area contributed by atoms with Crippen molar-refractivity contribution in [1.82, 2.24) is 0 Å². The van der Waals surface area contributed by atoms with E-state index in [9.17, 15) is 19.5 Å². The number of rotatable bonds is 5. The molecule has 0 spiro atoms. The zero-order valence-electron chi connectivity index (χ0n) is 16.6. The van der Waals surface area contributed by atoms with E-state index in [1.54, 1.807) is 36.4 Å². The lowest BCUT2D eigenvalue weighted by molar-refractivity contribution is -0.120. The van der Waals surface area contributed by atoms with E-state index in [2.05, 4.69) is 10.6 Å². The van der Waals surface area contributed by atoms with Gasteiger partial charge in [-0.25, -0.2) is 4.90 Å². The minimum absolute atomic E-state index is 0.0756. The number of hydrogen-bond donors (Lipinski definition) is 3. The average Bonchev–Trinajstić information content (AvgIpc) is 2.98. The van der Waals surface area contributed by atoms with Gasteiger partial charge in [-0.1, -0.05) is 53.0 Å². The maximum atomic E-state index is 13.0. The number of para-hydroxylation sites is 2. The Labute approximate surface area is 203 Å². The number of anilines is 3. The van der Waals surface area contributed by atoms with Crippen molar-refractivity contribution in [1.29, 1.82) is 0 Å². The summed E-state index contributed by atoms with van der Waals surface area (Å²) in [5, 5.41) is 15.4. The third kappa shape index (κ3) is 4.66. The van der Waals surface area contributed by atoms with Gasteiger partial charge in [0.15, 0.2) is 0 Å². The fourth-order valence-corrected chi connectivity index (χ4v) is 3.90. The molecular weight excluding hydrogens is 489 g/mol. The molecule has 0 atom stereocenters. The largest absolute Gasteiger partial charge is 0.506 e. The van der Waals surface area contributed by atoms with E-state index in [0.717, 1.165) is 4.90 Å². The summed E-state index contributed by atoms with van der Waals surface area (Å²) in [6.45, 7) is 0. The third-order valence-corrected chi connectivity index (χ3v) is 5.47. The number of hydrogen-bond acceptors (Lipinski definition) is 5. The molecule has 3 aromatic rings. The van der Waals surface area contributed by atoms with Crippen LogP contribution in [0.4, 0.5) is 17.1 Å². The van der Waals surface area contributed by atoms with E-state index < -0.39 is 17.7 Å². The van der Waals surface area contributed by atoms with Crippen LogP contribution in [0, 0.1) is 0 Å². The fraction of sp³-hybridized carbons (Fsp3) is 0. The summed E-state index contributed by atoms with van der Waals surface area (Å²) in [5.41, 5.74) is 0.860. The molecule has 0 saturated heterocycles. The molecule has 3 amide bonds. The number of aromatic hydroxyl groups is 1. The summed E-state index contributed by atoms with van der Waals surface area (Å²) in [6.07, 6.45) is 0. The van der Waals surface area contributed by atoms with Crippen molar-refractivity contribution < 1.29 is 19.5 Å². The van der Waals surface area contributed by atoms with Gasteiger partial charge >= 0.3 is 0 Å². The molecule has 0 saturated carbocycles. The molecule has 0 fully saturated rings. The Morgan fingerprint density at radius 1 is 0.848 bits per heavy atom. The maximum Gasteiger partial charge on any atom is 0.283 e. The highest BCUT2D eigenvalue weighted by Crippen LogP contribution is 2.33. The Morgan fingerprint density at radius 2 is 1.55 bits per heavy atom. The number of imide groups is 1. The van der Waals surface area contributed by atoms with E-state index in [1.165, 1.54) is 30.3 Å². The third-order valence-electron chi connectivity index (χ3n) is 4.68. The van der Waals surface area contributed by atoms with Crippen LogP contribution in [0.3, 0.4) is 0 Å². The van der Waals surface area contributed by atoms with Crippen LogP contribution in [0.15, 0.2) is 77.5 Å². The summed E-state index contributed by atoms with van der Waals surface area (Å²) < 4.78 is 0. The number of carbonyl (C=O) groups excluding carboxylic acids is 3. The Kier molecular flexibility index (Phi) is 6.29. The first kappa shape index (κ1) is 22.7. The number of nitrogens with one attached hydrogen (secondary N) is 2. The second-order valence-electron chi connectivity index (χ2n) is 6.94. The molecular formula is C23H14Cl3N3O4. The van der Waals surface area contributed by atoms with Crippen LogP contribution < -0.4 is 15.5 Å². The fourth-order valence-electron chi connectivity index (χ4n) is 3.17. The monoisotopic (exact) mass is 501 g/mol. The summed E-state index contributed by atoms with van der Waals surface area (Å²) >= 11 is 18.1. The smallest absolute Gasteiger partial charge is 0.283 e. The highest BCUT2D eigenvalue weighted by Gasteiger charge is 2.39. The van der Waals surface area contributed by atoms with Gasteiger partial charge in [-0.2, -0.15) is 0 Å². The van der Waals surface area contributed by atoms with Crippen LogP contribution in [0.5, 0.6) is 5.75 Å². The van der Waals surface area contributed by atoms with Crippen molar-refractivity contribution in [3.8, 4) is 5.75 Å². The van der Waals surface area contributed by atoms with Gasteiger partial charge in [0, 0.05) is 21.3 Å². The molecule has 0 radical (unpaired) electrons. The molecule has 10 heteroatoms. The number of benzene rings is 3. The van der Waals surface area contributed by atoms with Crippen molar-refractivity contribution in [2.75, 3.05) is 15.5 Å². The van der Waals surface area contributed by atoms with Crippen molar-refractivity contribution >= 4 is 69.6 Å². The number of phenolic OH excluding ortho intramolecular Hbond substituents is 1. The van der Waals surface area contributed by atoms with E-state index in [1.807, 2.05) is 0 Å². The van der Waals surface area contributed by atoms with Gasteiger partial charge < -0.3 is 15.7 Å². The lowest BCUT2D eigenvalue weighted by Gasteiger charge is -2.16. The molecule has 3 N–H and O–H groups in total. The van der Waals surface area contributed by atoms with Gasteiger partial charge in [-0.05, 0) is 48.5 Å². The van der Waals surface area contributed by atoms with Gasteiger partial charge in [-0.3, -0.25) is 14.4 Å². The molecule has 0 aromatic heterocycles. The second-order valence-corrected chi connectivity index (χ2v) is 8.19. The maximum absolute atomic E-state index is 13.0. The summed E-state index contributed by atoms with van der Waals surface area (Å²) in [5.74, 6) is -2.00. The predicted octanol–water partition coefficient (Wildman–Crippen LogP) is 5.39. The molecule has 1 aliphatic heterocycles. The Bertz CT molecular complexity index is 1320. The SMILES string of the molecule is O=C(Nc1ccccc1O)c1cccc(NC2=C(Cl)C(=O)N(c3cc(Cl)cc(Cl)c3)C2=O)c1. The molecule has 3 aromatic carbocycles. The highest BCUT2D eigenvalue weighted by atomic mass is 35.5. The minimum Gasteiger partial charge on any atom is -0.506 e. The van der Waals surface area contributed by atoms with Crippen LogP contribution in [0.1, 0.15) is 10.4 Å². The number of phenols is 1. The highest BCUT2D eigenvalue weighted by molar-refractivity contribution is 6.53. The Balaban J connectivity index is 1.56. The molecule has 4 rings (SSSR count). The van der Waals surface area contributed by atoms with Crippen molar-refractivity contribution in [2.45, 2.75) is 0 Å². The summed E-state index contributed by atoms with van der Waals surface area (Å²) in [4.78, 5) is 39.1. The van der Waals surface area contributed by atoms with Crippen LogP contribution in [0.2, 0.25) is 10.0 Å². The molecule has 166 valence electrons. The lowest BCUT2D eigenvalue weighted by Crippen LogP contribution is -2.32. The standard InChI is InChI=1S/C23H14Cl3N3O4/c24-13-9-14(25)11-16(10-13)29-22(32)19(26)20(23(29)33)27-15-5-3-4-12(8-15)21(31)28-17-6-1-2-7-18(17)30/h1-11,27,30H,(H,28,31). The van der Waals surface area contributed by atoms with Gasteiger partial charge in [0.1, 0.15) is 16.5 Å². The average molecular weight is 503 g/mol. The van der Waals surface area contributed by atoms with E-state index in [4.69, 9.17) is 34.8 Å². The quantitative estimate of drug-likeness (QED) is 0.321. The van der Waals surface area contributed by atoms with E-state index in [-0.39, 0.29) is 43.5 Å². The normalized spacial score (nSPS) is 13.5. The first-order valence-electron chi connectivity index (χ1n) is 9.45. The molecule has 33 heavy (non-hydrogen) atoms. The molecule has 0 unspecified atom stereocenters. The van der Waals surface area contributed by atoms with Gasteiger partial charge in [-0.15, -0.1) is 0 Å². The van der Waals surface area contributed by atoms with Crippen molar-refractivity contribution in [3.63, 3.8) is 0 Å². The number of nitrogens with zero attached hydrogens (tertiary/aromatic N) is 1. The number of carbonyl (C=O) groups is 3. The molecule has 0 bridgehead atoms. The molecule has 1 aliphatic rings. The van der Waals surface area contributed by atoms with Gasteiger partial charge in [0.05, 0.1) is 11.4 Å². The lowest BCUT2D eigenvalue weighted by atomic mass is 10.1. The number of amides is 3. The topological polar surface area (TPSA) is 98.7 Å². The summed E-state index contributed by atoms with van der Waals surface area (Å²) in [7, 11) is 0. The summed E-state index contributed by atoms with van der Waals surface area (Å²) in [6, 6.07) is 16.8. The van der Waals surface area contributed by atoms with Crippen LogP contribution in [-0.2, 0) is 9.59 Å². The van der Waals surface area contributed by atoms with E-state index >= 15 is 0 Å². The Morgan fingerprint density at radius 3 is 2.24 bits per heavy atom. The predicted molar refractivity (Wildman–Crippen MR) is 128 cm³/mol. The molecule has 1 heterocycles. The second kappa shape index (κ2) is 9.15. The first-order valence-corrected chi connectivity index (χ1v) is 10.6. The van der Waals surface area contributed by atoms with Crippen molar-refractivity contribution in [2.24, 2.45) is 0 Å². The first-order chi connectivity index (χ1) is 15.7. The zero-order valence-corrected chi connectivity index (χ0v) is 18.9. The zero-order chi connectivity index (χ0) is 23.7. The van der Waals surface area contributed by atoms with Gasteiger partial charge in [0.25, 0.3) is 17.7 Å².